The van der Waals surface area contributed by atoms with Crippen molar-refractivity contribution in [2.75, 3.05) is 0 Å². The Bertz CT molecular complexity index is 740. The van der Waals surface area contributed by atoms with Crippen LogP contribution in [0.4, 0.5) is 17.6 Å². The zero-order valence-corrected chi connectivity index (χ0v) is 11.1. The molecule has 2 aromatic rings. The molecule has 1 atom stereocenters. The van der Waals surface area contributed by atoms with E-state index in [1.165, 1.54) is 18.2 Å². The molecule has 21 heavy (non-hydrogen) atoms. The van der Waals surface area contributed by atoms with Crippen LogP contribution in [0.25, 0.3) is 0 Å². The Morgan fingerprint density at radius 2 is 1.90 bits per heavy atom. The number of alkyl halides is 3. The number of halogens is 5. The summed E-state index contributed by atoms with van der Waals surface area (Å²) in [6.07, 6.45) is -3.77. The molecule has 0 aliphatic carbocycles. The lowest BCUT2D eigenvalue weighted by molar-refractivity contribution is -0.137. The molecule has 0 N–H and O–H groups in total. The third-order valence-electron chi connectivity index (χ3n) is 3.04. The molecule has 1 aromatic carbocycles. The molecule has 0 amide bonds. The topological polar surface area (TPSA) is 25.2 Å². The van der Waals surface area contributed by atoms with Crippen LogP contribution in [-0.4, -0.2) is 10.7 Å². The normalized spacial score (nSPS) is 17.6. The number of nitrogens with zero attached hydrogens (tertiary/aromatic N) is 2. The first-order valence-corrected chi connectivity index (χ1v) is 6.30. The van der Waals surface area contributed by atoms with Crippen molar-refractivity contribution in [1.29, 1.82) is 0 Å². The molecule has 1 aromatic heterocycles. The number of pyridine rings is 1. The van der Waals surface area contributed by atoms with Gasteiger partial charge in [0, 0.05) is 11.8 Å². The molecular formula is C14H7ClF4N2. The molecule has 0 fully saturated rings. The maximum absolute atomic E-state index is 13.1. The van der Waals surface area contributed by atoms with E-state index in [0.717, 1.165) is 12.3 Å². The highest BCUT2D eigenvalue weighted by molar-refractivity contribution is 6.32. The first kappa shape index (κ1) is 14.0. The smallest absolute Gasteiger partial charge is 0.270 e. The van der Waals surface area contributed by atoms with Crippen molar-refractivity contribution in [1.82, 2.24) is 4.98 Å². The molecule has 3 rings (SSSR count). The highest BCUT2D eigenvalue weighted by Crippen LogP contribution is 2.39. The standard InChI is InChI=1S/C14H7ClF4N2/c15-10-5-8(14(17,18)19)6-20-12(10)13-11(21-13)7-2-1-3-9(16)4-7/h1-6,13H. The molecule has 1 unspecified atom stereocenters. The second kappa shape index (κ2) is 4.80. The molecule has 2 heterocycles. The predicted octanol–water partition coefficient (Wildman–Crippen LogP) is 4.44. The molecule has 1 aliphatic heterocycles. The van der Waals surface area contributed by atoms with Crippen molar-refractivity contribution in [3.63, 3.8) is 0 Å². The molecule has 0 saturated carbocycles. The lowest BCUT2D eigenvalue weighted by atomic mass is 10.1. The van der Waals surface area contributed by atoms with E-state index >= 15 is 0 Å². The second-order valence-electron chi connectivity index (χ2n) is 4.52. The molecule has 108 valence electrons. The summed E-state index contributed by atoms with van der Waals surface area (Å²) in [4.78, 5) is 7.86. The first-order chi connectivity index (χ1) is 9.86. The van der Waals surface area contributed by atoms with Crippen LogP contribution >= 0.6 is 11.6 Å². The summed E-state index contributed by atoms with van der Waals surface area (Å²) >= 11 is 5.84. The average molecular weight is 315 g/mol. The summed E-state index contributed by atoms with van der Waals surface area (Å²) < 4.78 is 50.7. The van der Waals surface area contributed by atoms with E-state index in [9.17, 15) is 17.6 Å². The molecule has 0 saturated heterocycles. The summed E-state index contributed by atoms with van der Waals surface area (Å²) in [5, 5.41) is -0.107. The molecule has 1 aliphatic rings. The number of aromatic nitrogens is 1. The van der Waals surface area contributed by atoms with Crippen molar-refractivity contribution in [2.24, 2.45) is 4.99 Å². The summed E-state index contributed by atoms with van der Waals surface area (Å²) in [6.45, 7) is 0. The highest BCUT2D eigenvalue weighted by Gasteiger charge is 2.36. The number of rotatable bonds is 2. The number of aliphatic imine (C=N–C) groups is 1. The number of hydrogen-bond acceptors (Lipinski definition) is 2. The second-order valence-corrected chi connectivity index (χ2v) is 4.92. The zero-order valence-electron chi connectivity index (χ0n) is 10.3. The summed E-state index contributed by atoms with van der Waals surface area (Å²) in [5.74, 6) is -0.410. The average Bonchev–Trinajstić information content (AvgIpc) is 3.17. The van der Waals surface area contributed by atoms with Crippen LogP contribution < -0.4 is 0 Å². The van der Waals surface area contributed by atoms with Gasteiger partial charge in [-0.05, 0) is 18.2 Å². The predicted molar refractivity (Wildman–Crippen MR) is 69.9 cm³/mol. The fourth-order valence-corrected chi connectivity index (χ4v) is 2.25. The van der Waals surface area contributed by atoms with Gasteiger partial charge in [-0.1, -0.05) is 23.7 Å². The minimum absolute atomic E-state index is 0.107. The van der Waals surface area contributed by atoms with E-state index in [0.29, 0.717) is 11.3 Å². The van der Waals surface area contributed by atoms with Crippen LogP contribution in [0.2, 0.25) is 5.02 Å². The van der Waals surface area contributed by atoms with E-state index < -0.39 is 23.6 Å². The Morgan fingerprint density at radius 1 is 1.14 bits per heavy atom. The van der Waals surface area contributed by atoms with Crippen LogP contribution in [0, 0.1) is 5.82 Å². The minimum atomic E-state index is -4.50. The lowest BCUT2D eigenvalue weighted by Crippen LogP contribution is -2.07. The van der Waals surface area contributed by atoms with Gasteiger partial charge in [0.25, 0.3) is 0 Å². The van der Waals surface area contributed by atoms with Crippen LogP contribution in [0.1, 0.15) is 22.9 Å². The Labute approximate surface area is 122 Å². The molecule has 2 nitrogen and oxygen atoms in total. The van der Waals surface area contributed by atoms with E-state index in [2.05, 4.69) is 9.98 Å². The largest absolute Gasteiger partial charge is 0.417 e. The quantitative estimate of drug-likeness (QED) is 0.752. The Morgan fingerprint density at radius 3 is 2.52 bits per heavy atom. The number of benzene rings is 1. The van der Waals surface area contributed by atoms with Gasteiger partial charge in [0.1, 0.15) is 11.9 Å². The molecular weight excluding hydrogens is 308 g/mol. The lowest BCUT2D eigenvalue weighted by Gasteiger charge is -2.08. The van der Waals surface area contributed by atoms with Gasteiger partial charge in [-0.15, -0.1) is 0 Å². The molecule has 7 heteroatoms. The molecule has 0 radical (unpaired) electrons. The Hall–Kier alpha value is -1.95. The van der Waals surface area contributed by atoms with E-state index in [4.69, 9.17) is 11.6 Å². The van der Waals surface area contributed by atoms with Crippen LogP contribution in [-0.2, 0) is 6.18 Å². The Balaban J connectivity index is 1.85. The first-order valence-electron chi connectivity index (χ1n) is 5.92. The summed E-state index contributed by atoms with van der Waals surface area (Å²) in [7, 11) is 0. The van der Waals surface area contributed by atoms with E-state index in [-0.39, 0.29) is 10.7 Å². The van der Waals surface area contributed by atoms with Gasteiger partial charge in [-0.2, -0.15) is 13.2 Å². The fourth-order valence-electron chi connectivity index (χ4n) is 1.98. The van der Waals surface area contributed by atoms with E-state index in [1.54, 1.807) is 6.07 Å². The minimum Gasteiger partial charge on any atom is -0.270 e. The van der Waals surface area contributed by atoms with E-state index in [1.807, 2.05) is 0 Å². The van der Waals surface area contributed by atoms with Crippen molar-refractivity contribution in [2.45, 2.75) is 12.2 Å². The van der Waals surface area contributed by atoms with Gasteiger partial charge < -0.3 is 0 Å². The van der Waals surface area contributed by atoms with Gasteiger partial charge in [-0.3, -0.25) is 9.98 Å². The fraction of sp³-hybridized carbons (Fsp3) is 0.143. The maximum atomic E-state index is 13.1. The highest BCUT2D eigenvalue weighted by atomic mass is 35.5. The van der Waals surface area contributed by atoms with Crippen molar-refractivity contribution < 1.29 is 17.6 Å². The SMILES string of the molecule is Fc1cccc(C2=NC2c2ncc(C(F)(F)F)cc2Cl)c1. The monoisotopic (exact) mass is 314 g/mol. The number of hydrogen-bond donors (Lipinski definition) is 0. The third-order valence-corrected chi connectivity index (χ3v) is 3.34. The molecule has 0 spiro atoms. The van der Waals surface area contributed by atoms with Crippen LogP contribution in [0.5, 0.6) is 0 Å². The maximum Gasteiger partial charge on any atom is 0.417 e. The third kappa shape index (κ3) is 2.76. The van der Waals surface area contributed by atoms with Crippen LogP contribution in [0.15, 0.2) is 41.5 Å². The molecule has 0 bridgehead atoms. The van der Waals surface area contributed by atoms with Crippen molar-refractivity contribution in [3.8, 4) is 0 Å². The summed E-state index contributed by atoms with van der Waals surface area (Å²) in [6, 6.07) is 6.11. The zero-order chi connectivity index (χ0) is 15.2. The van der Waals surface area contributed by atoms with Crippen molar-refractivity contribution in [3.05, 3.63) is 64.2 Å². The van der Waals surface area contributed by atoms with Gasteiger partial charge in [0.2, 0.25) is 0 Å². The van der Waals surface area contributed by atoms with Gasteiger partial charge in [0.15, 0.2) is 0 Å². The van der Waals surface area contributed by atoms with Gasteiger partial charge >= 0.3 is 6.18 Å². The van der Waals surface area contributed by atoms with Gasteiger partial charge in [0.05, 0.1) is 22.0 Å². The van der Waals surface area contributed by atoms with Crippen molar-refractivity contribution >= 4 is 17.3 Å². The Kier molecular flexibility index (Phi) is 3.20. The summed E-state index contributed by atoms with van der Waals surface area (Å²) in [5.41, 5.74) is 0.453. The van der Waals surface area contributed by atoms with Crippen LogP contribution in [0.3, 0.4) is 0 Å². The van der Waals surface area contributed by atoms with Gasteiger partial charge in [-0.25, -0.2) is 4.39 Å².